The molecule has 3 rings (SSSR count). The van der Waals surface area contributed by atoms with Gasteiger partial charge in [-0.15, -0.1) is 0 Å². The van der Waals surface area contributed by atoms with Crippen LogP contribution in [0, 0.1) is 5.41 Å². The highest BCUT2D eigenvalue weighted by atomic mass is 19.4. The number of piperidine rings is 1. The molecule has 2 aliphatic rings. The van der Waals surface area contributed by atoms with Crippen LogP contribution in [0.15, 0.2) is 12.3 Å². The third kappa shape index (κ3) is 3.56. The largest absolute Gasteiger partial charge is 0.433 e. The summed E-state index contributed by atoms with van der Waals surface area (Å²) in [6, 6.07) is 0.855. The summed E-state index contributed by atoms with van der Waals surface area (Å²) >= 11 is 0. The smallest absolute Gasteiger partial charge is 0.383 e. The Bertz CT molecular complexity index is 640. The summed E-state index contributed by atoms with van der Waals surface area (Å²) in [5.74, 6) is 0.0961. The predicted octanol–water partition coefficient (Wildman–Crippen LogP) is 1.96. The minimum Gasteiger partial charge on any atom is -0.383 e. The van der Waals surface area contributed by atoms with E-state index >= 15 is 0 Å². The van der Waals surface area contributed by atoms with Crippen molar-refractivity contribution in [3.8, 4) is 0 Å². The SMILES string of the molecule is COCCN1CCC[C@@]2(CCN(c3nccc(C(F)(F)F)n3)C2)C1=O. The van der Waals surface area contributed by atoms with Gasteiger partial charge < -0.3 is 14.5 Å². The number of aromatic nitrogens is 2. The lowest BCUT2D eigenvalue weighted by atomic mass is 9.78. The maximum absolute atomic E-state index is 12.9. The molecule has 0 unspecified atom stereocenters. The Morgan fingerprint density at radius 1 is 1.32 bits per heavy atom. The Kier molecular flexibility index (Phi) is 4.86. The molecule has 2 aliphatic heterocycles. The number of anilines is 1. The molecule has 1 aromatic rings. The minimum atomic E-state index is -4.51. The van der Waals surface area contributed by atoms with Gasteiger partial charge in [-0.1, -0.05) is 0 Å². The first-order valence-corrected chi connectivity index (χ1v) is 8.29. The molecule has 0 bridgehead atoms. The zero-order chi connectivity index (χ0) is 18.1. The summed E-state index contributed by atoms with van der Waals surface area (Å²) in [4.78, 5) is 24.0. The maximum Gasteiger partial charge on any atom is 0.433 e. The van der Waals surface area contributed by atoms with E-state index in [9.17, 15) is 18.0 Å². The topological polar surface area (TPSA) is 58.6 Å². The molecule has 0 aliphatic carbocycles. The lowest BCUT2D eigenvalue weighted by Gasteiger charge is -2.39. The highest BCUT2D eigenvalue weighted by Crippen LogP contribution is 2.41. The molecule has 1 aromatic heterocycles. The van der Waals surface area contributed by atoms with Gasteiger partial charge in [0.25, 0.3) is 0 Å². The number of hydrogen-bond donors (Lipinski definition) is 0. The number of amides is 1. The standard InChI is InChI=1S/C16H21F3N4O2/c1-25-10-9-22-7-2-4-15(13(22)24)5-8-23(11-15)14-20-6-3-12(21-14)16(17,18)19/h3,6H,2,4-5,7-11H2,1H3/t15-/m0/s1. The van der Waals surface area contributed by atoms with Crippen LogP contribution in [0.3, 0.4) is 0 Å². The van der Waals surface area contributed by atoms with Crippen molar-refractivity contribution in [1.29, 1.82) is 0 Å². The van der Waals surface area contributed by atoms with Gasteiger partial charge in [-0.05, 0) is 25.3 Å². The molecule has 3 heterocycles. The van der Waals surface area contributed by atoms with Gasteiger partial charge >= 0.3 is 6.18 Å². The zero-order valence-electron chi connectivity index (χ0n) is 14.1. The average Bonchev–Trinajstić information content (AvgIpc) is 3.01. The first kappa shape index (κ1) is 17.9. The van der Waals surface area contributed by atoms with Crippen molar-refractivity contribution in [2.45, 2.75) is 25.4 Å². The molecule has 138 valence electrons. The summed E-state index contributed by atoms with van der Waals surface area (Å²) in [6.45, 7) is 2.55. The number of hydrogen-bond acceptors (Lipinski definition) is 5. The molecule has 0 aromatic carbocycles. The van der Waals surface area contributed by atoms with Crippen LogP contribution in [-0.4, -0.2) is 60.7 Å². The van der Waals surface area contributed by atoms with Gasteiger partial charge in [0, 0.05) is 39.5 Å². The molecular weight excluding hydrogens is 337 g/mol. The van der Waals surface area contributed by atoms with Gasteiger partial charge in [0.1, 0.15) is 5.69 Å². The van der Waals surface area contributed by atoms with Gasteiger partial charge in [-0.3, -0.25) is 4.79 Å². The monoisotopic (exact) mass is 358 g/mol. The second kappa shape index (κ2) is 6.78. The van der Waals surface area contributed by atoms with Crippen LogP contribution in [0.2, 0.25) is 0 Å². The maximum atomic E-state index is 12.9. The molecule has 1 spiro atoms. The molecule has 0 N–H and O–H groups in total. The summed E-state index contributed by atoms with van der Waals surface area (Å²) in [5, 5.41) is 0. The van der Waals surface area contributed by atoms with Crippen LogP contribution in [0.5, 0.6) is 0 Å². The fraction of sp³-hybridized carbons (Fsp3) is 0.688. The predicted molar refractivity (Wildman–Crippen MR) is 84.0 cm³/mol. The van der Waals surface area contributed by atoms with Crippen molar-refractivity contribution >= 4 is 11.9 Å². The number of alkyl halides is 3. The number of methoxy groups -OCH3 is 1. The van der Waals surface area contributed by atoms with E-state index in [2.05, 4.69) is 9.97 Å². The number of carbonyl (C=O) groups excluding carboxylic acids is 1. The first-order valence-electron chi connectivity index (χ1n) is 8.29. The van der Waals surface area contributed by atoms with Crippen LogP contribution < -0.4 is 4.90 Å². The first-order chi connectivity index (χ1) is 11.9. The summed E-state index contributed by atoms with van der Waals surface area (Å²) in [7, 11) is 1.59. The molecule has 2 fully saturated rings. The van der Waals surface area contributed by atoms with Crippen LogP contribution in [0.1, 0.15) is 25.0 Å². The van der Waals surface area contributed by atoms with E-state index in [1.54, 1.807) is 16.9 Å². The fourth-order valence-corrected chi connectivity index (χ4v) is 3.65. The lowest BCUT2D eigenvalue weighted by Crippen LogP contribution is -2.51. The quantitative estimate of drug-likeness (QED) is 0.824. The summed E-state index contributed by atoms with van der Waals surface area (Å²) < 4.78 is 43.6. The third-order valence-corrected chi connectivity index (χ3v) is 4.96. The summed E-state index contributed by atoms with van der Waals surface area (Å²) in [6.07, 6.45) is -1.16. The second-order valence-corrected chi connectivity index (χ2v) is 6.58. The van der Waals surface area contributed by atoms with Gasteiger partial charge in [0.05, 0.1) is 12.0 Å². The molecule has 9 heteroatoms. The van der Waals surface area contributed by atoms with Crippen molar-refractivity contribution in [2.75, 3.05) is 44.8 Å². The number of nitrogens with zero attached hydrogens (tertiary/aromatic N) is 4. The Labute approximate surface area is 144 Å². The van der Waals surface area contributed by atoms with E-state index in [4.69, 9.17) is 4.74 Å². The third-order valence-electron chi connectivity index (χ3n) is 4.96. The number of ether oxygens (including phenoxy) is 1. The fourth-order valence-electron chi connectivity index (χ4n) is 3.65. The zero-order valence-corrected chi connectivity index (χ0v) is 14.1. The van der Waals surface area contributed by atoms with Crippen LogP contribution in [0.4, 0.5) is 19.1 Å². The van der Waals surface area contributed by atoms with E-state index in [-0.39, 0.29) is 11.9 Å². The Morgan fingerprint density at radius 3 is 2.84 bits per heavy atom. The van der Waals surface area contributed by atoms with Gasteiger partial charge in [-0.25, -0.2) is 9.97 Å². The number of likely N-dealkylation sites (tertiary alicyclic amines) is 1. The Hall–Kier alpha value is -1.90. The van der Waals surface area contributed by atoms with Crippen molar-refractivity contribution in [2.24, 2.45) is 5.41 Å². The average molecular weight is 358 g/mol. The van der Waals surface area contributed by atoms with Gasteiger partial charge in [-0.2, -0.15) is 13.2 Å². The summed E-state index contributed by atoms with van der Waals surface area (Å²) in [5.41, 5.74) is -1.51. The molecule has 1 amide bonds. The molecule has 0 radical (unpaired) electrons. The van der Waals surface area contributed by atoms with Crippen LogP contribution >= 0.6 is 0 Å². The van der Waals surface area contributed by atoms with E-state index in [1.807, 2.05) is 0 Å². The Morgan fingerprint density at radius 2 is 2.12 bits per heavy atom. The highest BCUT2D eigenvalue weighted by molar-refractivity contribution is 5.85. The normalized spacial score (nSPS) is 24.4. The molecule has 2 saturated heterocycles. The molecule has 1 atom stereocenters. The highest BCUT2D eigenvalue weighted by Gasteiger charge is 2.49. The minimum absolute atomic E-state index is 0.0357. The van der Waals surface area contributed by atoms with Gasteiger partial charge in [0.15, 0.2) is 0 Å². The Balaban J connectivity index is 1.75. The van der Waals surface area contributed by atoms with Crippen LogP contribution in [0.25, 0.3) is 0 Å². The number of rotatable bonds is 4. The second-order valence-electron chi connectivity index (χ2n) is 6.58. The molecular formula is C16H21F3N4O2. The van der Waals surface area contributed by atoms with E-state index in [1.165, 1.54) is 0 Å². The van der Waals surface area contributed by atoms with E-state index < -0.39 is 17.3 Å². The van der Waals surface area contributed by atoms with Gasteiger partial charge in [0.2, 0.25) is 11.9 Å². The lowest BCUT2D eigenvalue weighted by molar-refractivity contribution is -0.145. The molecule has 0 saturated carbocycles. The van der Waals surface area contributed by atoms with Crippen molar-refractivity contribution in [3.63, 3.8) is 0 Å². The molecule has 25 heavy (non-hydrogen) atoms. The van der Waals surface area contributed by atoms with E-state index in [0.717, 1.165) is 25.1 Å². The van der Waals surface area contributed by atoms with E-state index in [0.29, 0.717) is 39.2 Å². The van der Waals surface area contributed by atoms with Crippen molar-refractivity contribution in [1.82, 2.24) is 14.9 Å². The number of halogens is 3. The van der Waals surface area contributed by atoms with Crippen molar-refractivity contribution < 1.29 is 22.7 Å². The molecule has 6 nitrogen and oxygen atoms in total. The number of carbonyl (C=O) groups is 1. The van der Waals surface area contributed by atoms with Crippen molar-refractivity contribution in [3.05, 3.63) is 18.0 Å². The van der Waals surface area contributed by atoms with Crippen LogP contribution in [-0.2, 0) is 15.7 Å².